The van der Waals surface area contributed by atoms with E-state index in [2.05, 4.69) is 15.1 Å². The Morgan fingerprint density at radius 3 is 2.55 bits per heavy atom. The lowest BCUT2D eigenvalue weighted by Crippen LogP contribution is -2.50. The summed E-state index contributed by atoms with van der Waals surface area (Å²) in [5.41, 5.74) is 1.90. The van der Waals surface area contributed by atoms with Gasteiger partial charge in [0.1, 0.15) is 6.23 Å². The lowest BCUT2D eigenvalue weighted by molar-refractivity contribution is -0.114. The maximum atomic E-state index is 11.3. The van der Waals surface area contributed by atoms with Crippen LogP contribution >= 0.6 is 0 Å². The zero-order valence-corrected chi connectivity index (χ0v) is 12.2. The third-order valence-electron chi connectivity index (χ3n) is 3.66. The van der Waals surface area contributed by atoms with Crippen molar-refractivity contribution in [2.45, 2.75) is 26.5 Å². The Morgan fingerprint density at radius 1 is 1.30 bits per heavy atom. The Bertz CT molecular complexity index is 456. The van der Waals surface area contributed by atoms with Crippen molar-refractivity contribution < 1.29 is 9.90 Å². The number of hydrogen-bond donors (Lipinski definition) is 2. The Balaban J connectivity index is 2.05. The fraction of sp³-hybridized carbons (Fsp3) is 0.533. The number of aliphatic hydroxyl groups excluding tert-OH is 1. The lowest BCUT2D eigenvalue weighted by atomic mass is 10.2. The summed E-state index contributed by atoms with van der Waals surface area (Å²) in [5.74, 6) is -0.0579. The van der Waals surface area contributed by atoms with Gasteiger partial charge in [0.05, 0.1) is 11.4 Å². The van der Waals surface area contributed by atoms with Gasteiger partial charge in [-0.3, -0.25) is 9.69 Å². The van der Waals surface area contributed by atoms with E-state index in [0.29, 0.717) is 0 Å². The predicted molar refractivity (Wildman–Crippen MR) is 80.8 cm³/mol. The fourth-order valence-corrected chi connectivity index (χ4v) is 2.56. The van der Waals surface area contributed by atoms with E-state index in [9.17, 15) is 9.90 Å². The molecule has 2 rings (SSSR count). The second-order valence-electron chi connectivity index (χ2n) is 5.11. The van der Waals surface area contributed by atoms with Gasteiger partial charge in [-0.15, -0.1) is 0 Å². The van der Waals surface area contributed by atoms with Crippen molar-refractivity contribution in [3.05, 3.63) is 24.3 Å². The Morgan fingerprint density at radius 2 is 1.95 bits per heavy atom. The first-order valence-electron chi connectivity index (χ1n) is 7.15. The van der Waals surface area contributed by atoms with E-state index in [-0.39, 0.29) is 12.1 Å². The summed E-state index contributed by atoms with van der Waals surface area (Å²) in [6.07, 6.45) is 0.408. The van der Waals surface area contributed by atoms with Crippen LogP contribution in [0.2, 0.25) is 0 Å². The van der Waals surface area contributed by atoms with Crippen LogP contribution in [0.25, 0.3) is 0 Å². The zero-order chi connectivity index (χ0) is 14.5. The van der Waals surface area contributed by atoms with Gasteiger partial charge in [0.15, 0.2) is 0 Å². The zero-order valence-electron chi connectivity index (χ0n) is 12.2. The van der Waals surface area contributed by atoms with E-state index in [0.717, 1.165) is 44.0 Å². The van der Waals surface area contributed by atoms with Crippen molar-refractivity contribution in [3.8, 4) is 0 Å². The van der Waals surface area contributed by atoms with Gasteiger partial charge in [-0.2, -0.15) is 0 Å². The summed E-state index contributed by atoms with van der Waals surface area (Å²) in [6, 6.07) is 7.85. The van der Waals surface area contributed by atoms with Crippen molar-refractivity contribution in [2.24, 2.45) is 0 Å². The van der Waals surface area contributed by atoms with E-state index in [1.165, 1.54) is 6.92 Å². The molecule has 1 amide bonds. The molecule has 0 spiro atoms. The number of nitrogens with zero attached hydrogens (tertiary/aromatic N) is 2. The molecule has 1 fully saturated rings. The number of nitrogens with one attached hydrogen (secondary N) is 1. The van der Waals surface area contributed by atoms with Crippen LogP contribution in [0.3, 0.4) is 0 Å². The molecule has 5 nitrogen and oxygen atoms in total. The Labute approximate surface area is 120 Å². The van der Waals surface area contributed by atoms with Crippen LogP contribution in [-0.4, -0.2) is 48.3 Å². The number of piperazine rings is 1. The van der Waals surface area contributed by atoms with E-state index in [1.54, 1.807) is 0 Å². The van der Waals surface area contributed by atoms with Crippen molar-refractivity contribution in [3.63, 3.8) is 0 Å². The monoisotopic (exact) mass is 277 g/mol. The molecule has 2 N–H and O–H groups in total. The molecular formula is C15H23N3O2. The standard InChI is InChI=1S/C15H23N3O2/c1-3-15(20)18-10-8-17(9-11-18)14-7-5-4-6-13(14)16-12(2)19/h4-7,15,20H,3,8-11H2,1-2H3,(H,16,19). The highest BCUT2D eigenvalue weighted by Crippen LogP contribution is 2.26. The number of hydrogen-bond acceptors (Lipinski definition) is 4. The molecule has 1 unspecified atom stereocenters. The fourth-order valence-electron chi connectivity index (χ4n) is 2.56. The van der Waals surface area contributed by atoms with Gasteiger partial charge in [-0.1, -0.05) is 19.1 Å². The highest BCUT2D eigenvalue weighted by atomic mass is 16.3. The minimum absolute atomic E-state index is 0.0579. The molecule has 110 valence electrons. The number of carbonyl (C=O) groups excluding carboxylic acids is 1. The van der Waals surface area contributed by atoms with Crippen LogP contribution < -0.4 is 10.2 Å². The van der Waals surface area contributed by atoms with Gasteiger partial charge < -0.3 is 15.3 Å². The maximum Gasteiger partial charge on any atom is 0.221 e. The highest BCUT2D eigenvalue weighted by Gasteiger charge is 2.22. The van der Waals surface area contributed by atoms with E-state index in [1.807, 2.05) is 31.2 Å². The second kappa shape index (κ2) is 6.72. The van der Waals surface area contributed by atoms with Crippen LogP contribution in [0.15, 0.2) is 24.3 Å². The Kier molecular flexibility index (Phi) is 4.98. The molecule has 1 aromatic carbocycles. The molecule has 1 atom stereocenters. The first-order valence-corrected chi connectivity index (χ1v) is 7.15. The van der Waals surface area contributed by atoms with Gasteiger partial charge in [-0.05, 0) is 18.6 Å². The van der Waals surface area contributed by atoms with Crippen LogP contribution in [0, 0.1) is 0 Å². The highest BCUT2D eigenvalue weighted by molar-refractivity contribution is 5.92. The molecule has 0 radical (unpaired) electrons. The third kappa shape index (κ3) is 3.49. The number of carbonyl (C=O) groups is 1. The van der Waals surface area contributed by atoms with E-state index in [4.69, 9.17) is 0 Å². The molecule has 20 heavy (non-hydrogen) atoms. The molecule has 1 heterocycles. The predicted octanol–water partition coefficient (Wildman–Crippen LogP) is 1.50. The van der Waals surface area contributed by atoms with Gasteiger partial charge in [0.2, 0.25) is 5.91 Å². The largest absolute Gasteiger partial charge is 0.378 e. The number of anilines is 2. The molecule has 5 heteroatoms. The van der Waals surface area contributed by atoms with Crippen molar-refractivity contribution in [1.82, 2.24) is 4.90 Å². The summed E-state index contributed by atoms with van der Waals surface area (Å²) in [7, 11) is 0. The average molecular weight is 277 g/mol. The van der Waals surface area contributed by atoms with Gasteiger partial charge in [0, 0.05) is 33.1 Å². The molecule has 0 saturated carbocycles. The molecule has 1 aliphatic rings. The number of aliphatic hydroxyl groups is 1. The molecule has 0 aliphatic carbocycles. The Hall–Kier alpha value is -1.59. The maximum absolute atomic E-state index is 11.3. The quantitative estimate of drug-likeness (QED) is 0.875. The SMILES string of the molecule is CCC(O)N1CCN(c2ccccc2NC(C)=O)CC1. The van der Waals surface area contributed by atoms with Crippen molar-refractivity contribution >= 4 is 17.3 Å². The molecule has 1 saturated heterocycles. The van der Waals surface area contributed by atoms with Gasteiger partial charge in [0.25, 0.3) is 0 Å². The molecule has 0 aromatic heterocycles. The first kappa shape index (κ1) is 14.8. The first-order chi connectivity index (χ1) is 9.61. The normalized spacial score (nSPS) is 17.9. The smallest absolute Gasteiger partial charge is 0.221 e. The van der Waals surface area contributed by atoms with Crippen LogP contribution in [0.4, 0.5) is 11.4 Å². The third-order valence-corrected chi connectivity index (χ3v) is 3.66. The van der Waals surface area contributed by atoms with Crippen LogP contribution in [-0.2, 0) is 4.79 Å². The molecule has 0 bridgehead atoms. The van der Waals surface area contributed by atoms with Crippen molar-refractivity contribution in [1.29, 1.82) is 0 Å². The number of rotatable bonds is 4. The molecule has 1 aromatic rings. The van der Waals surface area contributed by atoms with E-state index < -0.39 is 0 Å². The van der Waals surface area contributed by atoms with Crippen molar-refractivity contribution in [2.75, 3.05) is 36.4 Å². The minimum Gasteiger partial charge on any atom is -0.378 e. The lowest BCUT2D eigenvalue weighted by Gasteiger charge is -2.38. The summed E-state index contributed by atoms with van der Waals surface area (Å²) >= 11 is 0. The number of amides is 1. The summed E-state index contributed by atoms with van der Waals surface area (Å²) in [4.78, 5) is 15.6. The van der Waals surface area contributed by atoms with Crippen LogP contribution in [0.5, 0.6) is 0 Å². The van der Waals surface area contributed by atoms with Gasteiger partial charge >= 0.3 is 0 Å². The second-order valence-corrected chi connectivity index (χ2v) is 5.11. The minimum atomic E-state index is -0.345. The molecule has 1 aliphatic heterocycles. The topological polar surface area (TPSA) is 55.8 Å². The van der Waals surface area contributed by atoms with Crippen LogP contribution in [0.1, 0.15) is 20.3 Å². The summed E-state index contributed by atoms with van der Waals surface area (Å²) in [5, 5.41) is 12.7. The number of benzene rings is 1. The summed E-state index contributed by atoms with van der Waals surface area (Å²) < 4.78 is 0. The van der Waals surface area contributed by atoms with E-state index >= 15 is 0 Å². The molecular weight excluding hydrogens is 254 g/mol. The summed E-state index contributed by atoms with van der Waals surface area (Å²) in [6.45, 7) is 6.89. The number of para-hydroxylation sites is 2. The average Bonchev–Trinajstić information content (AvgIpc) is 2.46. The van der Waals surface area contributed by atoms with Gasteiger partial charge in [-0.25, -0.2) is 0 Å².